The number of allylic oxidation sites excluding steroid dienone is 11. The molecule has 0 aromatic heterocycles. The van der Waals surface area contributed by atoms with Crippen LogP contribution in [0.15, 0.2) is 72.9 Å². The molecule has 1 rings (SSSR count). The number of hydrogen-bond acceptors (Lipinski definition) is 10. The van der Waals surface area contributed by atoms with E-state index in [1.807, 2.05) is 6.08 Å². The van der Waals surface area contributed by atoms with Crippen LogP contribution in [0.1, 0.15) is 284 Å². The molecule has 0 saturated carbocycles. The van der Waals surface area contributed by atoms with Crippen molar-refractivity contribution >= 4 is 11.9 Å². The van der Waals surface area contributed by atoms with E-state index < -0.39 is 67.4 Å². The van der Waals surface area contributed by atoms with E-state index in [0.717, 1.165) is 103 Å². The summed E-state index contributed by atoms with van der Waals surface area (Å²) in [7, 11) is 0. The highest BCUT2D eigenvalue weighted by molar-refractivity contribution is 5.80. The summed E-state index contributed by atoms with van der Waals surface area (Å²) in [6.07, 6.45) is 60.9. The van der Waals surface area contributed by atoms with Crippen molar-refractivity contribution in [2.24, 2.45) is 0 Å². The second-order valence-corrected chi connectivity index (χ2v) is 22.5. The molecule has 0 aromatic carbocycles. The number of esters is 1. The van der Waals surface area contributed by atoms with Crippen LogP contribution < -0.4 is 5.32 Å². The number of aliphatic hydroxyl groups is 5. The van der Waals surface area contributed by atoms with E-state index in [0.29, 0.717) is 12.8 Å². The van der Waals surface area contributed by atoms with E-state index in [4.69, 9.17) is 14.2 Å². The van der Waals surface area contributed by atoms with Crippen molar-refractivity contribution in [1.82, 2.24) is 5.32 Å². The van der Waals surface area contributed by atoms with Crippen LogP contribution in [0.5, 0.6) is 0 Å². The summed E-state index contributed by atoms with van der Waals surface area (Å²) in [6.45, 7) is 5.72. The molecule has 1 amide bonds. The van der Waals surface area contributed by atoms with Gasteiger partial charge in [0.2, 0.25) is 5.91 Å². The summed E-state index contributed by atoms with van der Waals surface area (Å²) in [6, 6.07) is -1.03. The lowest BCUT2D eigenvalue weighted by Crippen LogP contribution is -2.61. The van der Waals surface area contributed by atoms with Gasteiger partial charge in [0.25, 0.3) is 0 Å². The highest BCUT2D eigenvalue weighted by Gasteiger charge is 2.47. The van der Waals surface area contributed by atoms with Crippen LogP contribution in [-0.2, 0) is 23.8 Å². The van der Waals surface area contributed by atoms with Gasteiger partial charge in [-0.15, -0.1) is 0 Å². The number of carbonyl (C=O) groups is 2. The van der Waals surface area contributed by atoms with Gasteiger partial charge in [-0.1, -0.05) is 261 Å². The average molecular weight is 1110 g/mol. The van der Waals surface area contributed by atoms with Gasteiger partial charge in [-0.25, -0.2) is 0 Å². The first-order valence-electron chi connectivity index (χ1n) is 32.7. The molecule has 79 heavy (non-hydrogen) atoms. The average Bonchev–Trinajstić information content (AvgIpc) is 3.46. The Morgan fingerprint density at radius 2 is 0.886 bits per heavy atom. The van der Waals surface area contributed by atoms with Crippen molar-refractivity contribution in [2.45, 2.75) is 333 Å². The second kappa shape index (κ2) is 55.6. The molecule has 1 heterocycles. The number of amides is 1. The molecule has 1 aliphatic heterocycles. The molecule has 8 atom stereocenters. The van der Waals surface area contributed by atoms with Crippen LogP contribution in [0.25, 0.3) is 0 Å². The minimum absolute atomic E-state index is 0.111. The zero-order valence-corrected chi connectivity index (χ0v) is 50.7. The van der Waals surface area contributed by atoms with Gasteiger partial charge in [-0.2, -0.15) is 0 Å². The van der Waals surface area contributed by atoms with Crippen molar-refractivity contribution in [3.8, 4) is 0 Å². The van der Waals surface area contributed by atoms with Gasteiger partial charge < -0.3 is 45.1 Å². The third-order valence-corrected chi connectivity index (χ3v) is 15.1. The minimum atomic E-state index is -1.62. The van der Waals surface area contributed by atoms with Crippen molar-refractivity contribution in [3.05, 3.63) is 72.9 Å². The van der Waals surface area contributed by atoms with E-state index in [-0.39, 0.29) is 19.4 Å². The van der Waals surface area contributed by atoms with E-state index in [9.17, 15) is 35.1 Å². The first kappa shape index (κ1) is 74.1. The van der Waals surface area contributed by atoms with Crippen molar-refractivity contribution in [1.29, 1.82) is 0 Å². The molecule has 1 saturated heterocycles. The van der Waals surface area contributed by atoms with Crippen LogP contribution in [0.3, 0.4) is 0 Å². The van der Waals surface area contributed by atoms with Gasteiger partial charge in [0, 0.05) is 6.42 Å². The molecule has 1 fully saturated rings. The summed E-state index contributed by atoms with van der Waals surface area (Å²) >= 11 is 0. The lowest BCUT2D eigenvalue weighted by Gasteiger charge is -2.41. The predicted octanol–water partition coefficient (Wildman–Crippen LogP) is 16.0. The molecule has 0 aromatic rings. The van der Waals surface area contributed by atoms with Crippen molar-refractivity contribution in [2.75, 3.05) is 13.2 Å². The highest BCUT2D eigenvalue weighted by atomic mass is 16.7. The number of nitrogens with one attached hydrogen (secondary N) is 1. The molecule has 0 spiro atoms. The standard InChI is InChI=1S/C68H121NO10/c1-4-7-10-13-16-19-22-24-25-26-27-28-29-30-31-32-33-34-35-36-38-41-43-46-49-52-55-61(72)67(76)69-59(60(71)54-51-48-45-42-40-37-23-20-17-14-11-8-5-2)58-77-68-66(65(75)64(74)62(57-70)78-68)79-63(73)56-53-50-47-44-39-21-18-15-12-9-6-3/h15-16,18-19,24-25,27-28,30-31,51,54,59-62,64-66,68,70-72,74-75H,4-14,17,20-23,26,29,32-50,52-53,55-58H2,1-3H3,(H,69,76)/b18-15-,19-16-,25-24-,28-27-,31-30-,54-51+. The molecule has 11 nitrogen and oxygen atoms in total. The fourth-order valence-electron chi connectivity index (χ4n) is 9.85. The van der Waals surface area contributed by atoms with Gasteiger partial charge in [-0.05, 0) is 89.9 Å². The van der Waals surface area contributed by atoms with Crippen LogP contribution in [-0.4, -0.2) is 99.6 Å². The maximum atomic E-state index is 13.5. The van der Waals surface area contributed by atoms with E-state index in [1.165, 1.54) is 135 Å². The number of hydrogen-bond donors (Lipinski definition) is 6. The molecule has 458 valence electrons. The maximum Gasteiger partial charge on any atom is 0.306 e. The number of unbranched alkanes of at least 4 members (excludes halogenated alkanes) is 31. The largest absolute Gasteiger partial charge is 0.454 e. The number of rotatable bonds is 55. The Balaban J connectivity index is 2.60. The van der Waals surface area contributed by atoms with Crippen LogP contribution >= 0.6 is 0 Å². The Morgan fingerprint density at radius 1 is 0.494 bits per heavy atom. The topological polar surface area (TPSA) is 175 Å². The predicted molar refractivity (Wildman–Crippen MR) is 329 cm³/mol. The molecule has 0 radical (unpaired) electrons. The SMILES string of the molecule is CCCC/C=C\CCCCCCCC(=O)OC1C(OCC(NC(=O)C(O)CCCCCCCCCCCC/C=C\C/C=C\C/C=C\C/C=C\CCCCC)C(O)/C=C/CCCCCCCCCCCCC)OC(CO)C(O)C1O. The molecule has 0 aliphatic carbocycles. The van der Waals surface area contributed by atoms with Crippen LogP contribution in [0, 0.1) is 0 Å². The molecule has 11 heteroatoms. The Morgan fingerprint density at radius 3 is 1.38 bits per heavy atom. The Kier molecular flexibility index (Phi) is 52.2. The summed E-state index contributed by atoms with van der Waals surface area (Å²) in [5.74, 6) is -1.21. The number of aliphatic hydroxyl groups excluding tert-OH is 5. The molecule has 8 unspecified atom stereocenters. The van der Waals surface area contributed by atoms with Gasteiger partial charge in [-0.3, -0.25) is 9.59 Å². The first-order valence-corrected chi connectivity index (χ1v) is 32.7. The normalized spacial score (nSPS) is 19.3. The first-order chi connectivity index (χ1) is 38.7. The van der Waals surface area contributed by atoms with Crippen molar-refractivity contribution < 1.29 is 49.3 Å². The summed E-state index contributed by atoms with van der Waals surface area (Å²) in [4.78, 5) is 26.5. The zero-order valence-electron chi connectivity index (χ0n) is 50.7. The Labute approximate surface area is 483 Å². The van der Waals surface area contributed by atoms with Crippen molar-refractivity contribution in [3.63, 3.8) is 0 Å². The quantitative estimate of drug-likeness (QED) is 0.0195. The maximum absolute atomic E-state index is 13.5. The lowest BCUT2D eigenvalue weighted by atomic mass is 9.99. The third-order valence-electron chi connectivity index (χ3n) is 15.1. The number of carbonyl (C=O) groups excluding carboxylic acids is 2. The lowest BCUT2D eigenvalue weighted by molar-refractivity contribution is -0.305. The van der Waals surface area contributed by atoms with Crippen LogP contribution in [0.4, 0.5) is 0 Å². The van der Waals surface area contributed by atoms with Gasteiger partial charge in [0.1, 0.15) is 24.4 Å². The fourth-order valence-corrected chi connectivity index (χ4v) is 9.85. The summed E-state index contributed by atoms with van der Waals surface area (Å²) in [5, 5.41) is 57.0. The minimum Gasteiger partial charge on any atom is -0.454 e. The Hall–Kier alpha value is -2.90. The second-order valence-electron chi connectivity index (χ2n) is 22.5. The van der Waals surface area contributed by atoms with Gasteiger partial charge in [0.05, 0.1) is 25.4 Å². The molecular formula is C68H121NO10. The fraction of sp³-hybridized carbons (Fsp3) is 0.794. The summed E-state index contributed by atoms with van der Waals surface area (Å²) in [5.41, 5.74) is 0. The highest BCUT2D eigenvalue weighted by Crippen LogP contribution is 2.26. The monoisotopic (exact) mass is 1110 g/mol. The Bertz CT molecular complexity index is 1560. The van der Waals surface area contributed by atoms with Crippen LogP contribution in [0.2, 0.25) is 0 Å². The van der Waals surface area contributed by atoms with Gasteiger partial charge in [0.15, 0.2) is 12.4 Å². The molecule has 0 bridgehead atoms. The third kappa shape index (κ3) is 43.5. The van der Waals surface area contributed by atoms with E-state index in [1.54, 1.807) is 6.08 Å². The van der Waals surface area contributed by atoms with Gasteiger partial charge >= 0.3 is 5.97 Å². The van der Waals surface area contributed by atoms with E-state index >= 15 is 0 Å². The molecule has 1 aliphatic rings. The van der Waals surface area contributed by atoms with E-state index in [2.05, 4.69) is 86.8 Å². The zero-order chi connectivity index (χ0) is 57.5. The number of ether oxygens (including phenoxy) is 3. The molecular weight excluding hydrogens is 991 g/mol. The smallest absolute Gasteiger partial charge is 0.306 e. The summed E-state index contributed by atoms with van der Waals surface area (Å²) < 4.78 is 17.6. The molecule has 6 N–H and O–H groups in total.